The van der Waals surface area contributed by atoms with E-state index in [0.29, 0.717) is 34.2 Å². The fourth-order valence-electron chi connectivity index (χ4n) is 2.86. The van der Waals surface area contributed by atoms with Crippen molar-refractivity contribution in [1.29, 1.82) is 0 Å². The molecule has 1 amide bonds. The first-order valence-electron chi connectivity index (χ1n) is 9.33. The summed E-state index contributed by atoms with van der Waals surface area (Å²) in [6.45, 7) is 3.00. The Labute approximate surface area is 189 Å². The summed E-state index contributed by atoms with van der Waals surface area (Å²) in [5.41, 5.74) is 1.85. The van der Waals surface area contributed by atoms with Gasteiger partial charge < -0.3 is 10.1 Å². The van der Waals surface area contributed by atoms with Crippen molar-refractivity contribution in [3.8, 4) is 11.4 Å². The summed E-state index contributed by atoms with van der Waals surface area (Å²) in [5.74, 6) is 0.831. The minimum atomic E-state index is -0.146. The zero-order chi connectivity index (χ0) is 21.5. The van der Waals surface area contributed by atoms with E-state index < -0.39 is 0 Å². The Morgan fingerprint density at radius 3 is 2.63 bits per heavy atom. The number of aromatic nitrogens is 3. The summed E-state index contributed by atoms with van der Waals surface area (Å²) in [6.07, 6.45) is 0. The molecule has 1 aromatic heterocycles. The van der Waals surface area contributed by atoms with E-state index in [1.807, 2.05) is 54.0 Å². The number of ether oxygens (including phenoxy) is 1. The molecule has 0 radical (unpaired) electrons. The third kappa shape index (κ3) is 5.98. The lowest BCUT2D eigenvalue weighted by molar-refractivity contribution is -0.119. The Kier molecular flexibility index (Phi) is 8.16. The van der Waals surface area contributed by atoms with Gasteiger partial charge in [-0.25, -0.2) is 0 Å². The first-order chi connectivity index (χ1) is 14.5. The molecule has 0 aliphatic heterocycles. The van der Waals surface area contributed by atoms with Gasteiger partial charge in [0.1, 0.15) is 0 Å². The highest BCUT2D eigenvalue weighted by atomic mass is 35.5. The normalized spacial score (nSPS) is 12.0. The van der Waals surface area contributed by atoms with Gasteiger partial charge in [0.25, 0.3) is 0 Å². The molecule has 0 saturated carbocycles. The third-order valence-corrected chi connectivity index (χ3v) is 5.85. The van der Waals surface area contributed by atoms with Crippen LogP contribution >= 0.6 is 35.0 Å². The second-order valence-electron chi connectivity index (χ2n) is 6.59. The van der Waals surface area contributed by atoms with Crippen LogP contribution in [0.3, 0.4) is 0 Å². The number of rotatable bonds is 9. The Morgan fingerprint density at radius 1 is 1.17 bits per heavy atom. The van der Waals surface area contributed by atoms with Gasteiger partial charge in [-0.05, 0) is 48.9 Å². The topological polar surface area (TPSA) is 69.0 Å². The zero-order valence-electron chi connectivity index (χ0n) is 16.6. The molecule has 9 heteroatoms. The van der Waals surface area contributed by atoms with E-state index in [1.165, 1.54) is 11.8 Å². The van der Waals surface area contributed by atoms with E-state index in [9.17, 15) is 4.79 Å². The van der Waals surface area contributed by atoms with Crippen LogP contribution in [0.5, 0.6) is 0 Å². The van der Waals surface area contributed by atoms with Crippen LogP contribution in [0.15, 0.2) is 53.7 Å². The van der Waals surface area contributed by atoms with Gasteiger partial charge in [-0.3, -0.25) is 9.36 Å². The predicted molar refractivity (Wildman–Crippen MR) is 121 cm³/mol. The molecule has 1 N–H and O–H groups in total. The molecule has 0 unspecified atom stereocenters. The van der Waals surface area contributed by atoms with Crippen molar-refractivity contribution in [2.24, 2.45) is 0 Å². The van der Waals surface area contributed by atoms with Crippen LogP contribution in [-0.2, 0) is 16.1 Å². The third-order valence-electron chi connectivity index (χ3n) is 4.40. The number of nitrogens with zero attached hydrogens (tertiary/aromatic N) is 3. The molecule has 0 fully saturated rings. The van der Waals surface area contributed by atoms with Crippen LogP contribution in [0.25, 0.3) is 11.4 Å². The number of hydrogen-bond donors (Lipinski definition) is 1. The molecule has 3 aromatic rings. The van der Waals surface area contributed by atoms with Gasteiger partial charge in [0.05, 0.1) is 24.9 Å². The second-order valence-corrected chi connectivity index (χ2v) is 8.41. The molecule has 30 heavy (non-hydrogen) atoms. The summed E-state index contributed by atoms with van der Waals surface area (Å²) in [6, 6.07) is 14.7. The van der Waals surface area contributed by atoms with Gasteiger partial charge in [-0.2, -0.15) is 0 Å². The molecule has 3 rings (SSSR count). The van der Waals surface area contributed by atoms with E-state index in [1.54, 1.807) is 13.2 Å². The number of halogens is 2. The molecular formula is C21H22Cl2N4O2S. The number of amides is 1. The second kappa shape index (κ2) is 10.8. The maximum absolute atomic E-state index is 12.5. The van der Waals surface area contributed by atoms with Gasteiger partial charge in [-0.1, -0.05) is 47.1 Å². The molecule has 0 spiro atoms. The maximum atomic E-state index is 12.5. The van der Waals surface area contributed by atoms with Crippen molar-refractivity contribution in [1.82, 2.24) is 20.1 Å². The SMILES string of the molecule is COCCn1c(SCC(=O)N[C@H](C)c2cccc(Cl)c2)nnc1-c1ccc(Cl)cc1. The maximum Gasteiger partial charge on any atom is 0.230 e. The average Bonchev–Trinajstić information content (AvgIpc) is 3.14. The van der Waals surface area contributed by atoms with Crippen LogP contribution in [0.2, 0.25) is 10.0 Å². The molecule has 6 nitrogen and oxygen atoms in total. The van der Waals surface area contributed by atoms with Crippen LogP contribution in [0.4, 0.5) is 0 Å². The van der Waals surface area contributed by atoms with E-state index in [-0.39, 0.29) is 17.7 Å². The highest BCUT2D eigenvalue weighted by Crippen LogP contribution is 2.25. The fraction of sp³-hybridized carbons (Fsp3) is 0.286. The van der Waals surface area contributed by atoms with Crippen molar-refractivity contribution < 1.29 is 9.53 Å². The monoisotopic (exact) mass is 464 g/mol. The number of hydrogen-bond acceptors (Lipinski definition) is 5. The quantitative estimate of drug-likeness (QED) is 0.457. The van der Waals surface area contributed by atoms with Gasteiger partial charge in [0, 0.05) is 22.7 Å². The Hall–Kier alpha value is -2.06. The number of benzene rings is 2. The van der Waals surface area contributed by atoms with Gasteiger partial charge >= 0.3 is 0 Å². The minimum absolute atomic E-state index is 0.0955. The first-order valence-corrected chi connectivity index (χ1v) is 11.1. The van der Waals surface area contributed by atoms with Crippen molar-refractivity contribution in [3.63, 3.8) is 0 Å². The fourth-order valence-corrected chi connectivity index (χ4v) is 3.97. The standard InChI is InChI=1S/C21H22Cl2N4O2S/c1-14(16-4-3-5-18(23)12-16)24-19(28)13-30-21-26-25-20(27(21)10-11-29-2)15-6-8-17(22)9-7-15/h3-9,12,14H,10-11,13H2,1-2H3,(H,24,28)/t14-/m1/s1. The van der Waals surface area contributed by atoms with Gasteiger partial charge in [-0.15, -0.1) is 10.2 Å². The smallest absolute Gasteiger partial charge is 0.230 e. The molecule has 0 aliphatic rings. The van der Waals surface area contributed by atoms with E-state index >= 15 is 0 Å². The van der Waals surface area contributed by atoms with E-state index in [0.717, 1.165) is 11.1 Å². The van der Waals surface area contributed by atoms with E-state index in [4.69, 9.17) is 27.9 Å². The van der Waals surface area contributed by atoms with Crippen molar-refractivity contribution >= 4 is 40.9 Å². The van der Waals surface area contributed by atoms with Crippen LogP contribution in [0.1, 0.15) is 18.5 Å². The molecule has 158 valence electrons. The van der Waals surface area contributed by atoms with Crippen molar-refractivity contribution in [2.45, 2.75) is 24.7 Å². The molecule has 0 bridgehead atoms. The van der Waals surface area contributed by atoms with Crippen LogP contribution < -0.4 is 5.32 Å². The average molecular weight is 465 g/mol. The number of nitrogens with one attached hydrogen (secondary N) is 1. The number of methoxy groups -OCH3 is 1. The largest absolute Gasteiger partial charge is 0.383 e. The minimum Gasteiger partial charge on any atom is -0.383 e. The van der Waals surface area contributed by atoms with Crippen molar-refractivity contribution in [2.75, 3.05) is 19.5 Å². The highest BCUT2D eigenvalue weighted by molar-refractivity contribution is 7.99. The lowest BCUT2D eigenvalue weighted by atomic mass is 10.1. The predicted octanol–water partition coefficient (Wildman–Crippen LogP) is 4.87. The number of carbonyl (C=O) groups is 1. The summed E-state index contributed by atoms with van der Waals surface area (Å²) in [5, 5.41) is 13.5. The molecule has 1 heterocycles. The first kappa shape index (κ1) is 22.6. The van der Waals surface area contributed by atoms with Crippen LogP contribution in [0, 0.1) is 0 Å². The summed E-state index contributed by atoms with van der Waals surface area (Å²) in [7, 11) is 1.64. The Bertz CT molecular complexity index is 995. The lowest BCUT2D eigenvalue weighted by Crippen LogP contribution is -2.28. The molecule has 0 saturated heterocycles. The molecule has 2 aromatic carbocycles. The zero-order valence-corrected chi connectivity index (χ0v) is 19.0. The Morgan fingerprint density at radius 2 is 1.93 bits per heavy atom. The molecule has 1 atom stereocenters. The molecule has 0 aliphatic carbocycles. The number of carbonyl (C=O) groups excluding carboxylic acids is 1. The summed E-state index contributed by atoms with van der Waals surface area (Å²) in [4.78, 5) is 12.5. The molecular weight excluding hydrogens is 443 g/mol. The lowest BCUT2D eigenvalue weighted by Gasteiger charge is -2.14. The van der Waals surface area contributed by atoms with Gasteiger partial charge in [0.2, 0.25) is 5.91 Å². The van der Waals surface area contributed by atoms with Crippen LogP contribution in [-0.4, -0.2) is 40.1 Å². The summed E-state index contributed by atoms with van der Waals surface area (Å²) < 4.78 is 7.17. The van der Waals surface area contributed by atoms with E-state index in [2.05, 4.69) is 15.5 Å². The van der Waals surface area contributed by atoms with Crippen molar-refractivity contribution in [3.05, 3.63) is 64.1 Å². The Balaban J connectivity index is 1.68. The van der Waals surface area contributed by atoms with Gasteiger partial charge in [0.15, 0.2) is 11.0 Å². The highest BCUT2D eigenvalue weighted by Gasteiger charge is 2.17. The summed E-state index contributed by atoms with van der Waals surface area (Å²) >= 11 is 13.4. The number of thioether (sulfide) groups is 1.